The van der Waals surface area contributed by atoms with Crippen LogP contribution in [0.5, 0.6) is 0 Å². The molecule has 3 rings (SSSR count). The van der Waals surface area contributed by atoms with Crippen LogP contribution in [0.4, 0.5) is 0 Å². The van der Waals surface area contributed by atoms with Gasteiger partial charge in [0.15, 0.2) is 0 Å². The Morgan fingerprint density at radius 2 is 1.52 bits per heavy atom. The first-order valence-electron chi connectivity index (χ1n) is 7.60. The minimum absolute atomic E-state index is 0. The average molecular weight is 317 g/mol. The highest BCUT2D eigenvalue weighted by Crippen LogP contribution is 2.26. The van der Waals surface area contributed by atoms with Gasteiger partial charge in [-0.25, -0.2) is 0 Å². The van der Waals surface area contributed by atoms with Gasteiger partial charge in [0, 0.05) is 46.2 Å². The van der Waals surface area contributed by atoms with Crippen LogP contribution in [0.25, 0.3) is 0 Å². The lowest BCUT2D eigenvalue weighted by Crippen LogP contribution is -2.52. The van der Waals surface area contributed by atoms with Crippen molar-refractivity contribution in [3.63, 3.8) is 0 Å². The predicted molar refractivity (Wildman–Crippen MR) is 82.4 cm³/mol. The van der Waals surface area contributed by atoms with Crippen molar-refractivity contribution >= 4 is 24.2 Å². The summed E-state index contributed by atoms with van der Waals surface area (Å²) in [6.07, 6.45) is 0. The van der Waals surface area contributed by atoms with E-state index >= 15 is 0 Å². The molecule has 0 aliphatic carbocycles. The van der Waals surface area contributed by atoms with Gasteiger partial charge in [-0.15, -0.1) is 12.4 Å². The number of fused-ring (bicyclic) bond motifs is 1. The van der Waals surface area contributed by atoms with Crippen molar-refractivity contribution in [3.05, 3.63) is 0 Å². The Balaban J connectivity index is 0.00000161. The van der Waals surface area contributed by atoms with Crippen LogP contribution in [-0.2, 0) is 9.59 Å². The molecule has 2 atom stereocenters. The van der Waals surface area contributed by atoms with Crippen molar-refractivity contribution in [2.24, 2.45) is 11.8 Å². The van der Waals surface area contributed by atoms with Gasteiger partial charge in [0.1, 0.15) is 0 Å². The summed E-state index contributed by atoms with van der Waals surface area (Å²) in [7, 11) is 0. The molecule has 2 amide bonds. The molecule has 0 aromatic heterocycles. The molecule has 3 heterocycles. The lowest BCUT2D eigenvalue weighted by Gasteiger charge is -2.35. The summed E-state index contributed by atoms with van der Waals surface area (Å²) in [6, 6.07) is 0. The van der Waals surface area contributed by atoms with Crippen molar-refractivity contribution in [3.8, 4) is 0 Å². The van der Waals surface area contributed by atoms with E-state index in [1.807, 2.05) is 9.80 Å². The molecule has 3 fully saturated rings. The number of likely N-dealkylation sites (tertiary alicyclic amines) is 1. The van der Waals surface area contributed by atoms with Crippen LogP contribution in [0.15, 0.2) is 0 Å². The zero-order valence-electron chi connectivity index (χ0n) is 12.6. The summed E-state index contributed by atoms with van der Waals surface area (Å²) < 4.78 is 0. The molecular weight excluding hydrogens is 292 g/mol. The van der Waals surface area contributed by atoms with Crippen molar-refractivity contribution in [2.45, 2.75) is 6.92 Å². The number of hydrogen-bond acceptors (Lipinski definition) is 4. The summed E-state index contributed by atoms with van der Waals surface area (Å²) in [5.74, 6) is 1.80. The highest BCUT2D eigenvalue weighted by Gasteiger charge is 2.37. The monoisotopic (exact) mass is 316 g/mol. The first kappa shape index (κ1) is 16.5. The topological polar surface area (TPSA) is 55.9 Å². The lowest BCUT2D eigenvalue weighted by atomic mass is 10.0. The Bertz CT molecular complexity index is 386. The fourth-order valence-corrected chi connectivity index (χ4v) is 3.64. The Hall–Kier alpha value is -0.850. The smallest absolute Gasteiger partial charge is 0.236 e. The molecule has 3 aliphatic heterocycles. The SMILES string of the molecule is CC(=O)N1CCN(C(=O)CN2C[C@H]3CNC[C@H]3C2)CC1.Cl. The van der Waals surface area contributed by atoms with Gasteiger partial charge in [-0.3, -0.25) is 14.5 Å². The number of halogens is 1. The number of rotatable bonds is 2. The maximum absolute atomic E-state index is 12.3. The van der Waals surface area contributed by atoms with Crippen LogP contribution in [0.2, 0.25) is 0 Å². The molecule has 6 nitrogen and oxygen atoms in total. The van der Waals surface area contributed by atoms with E-state index in [1.165, 1.54) is 0 Å². The third kappa shape index (κ3) is 3.67. The van der Waals surface area contributed by atoms with Gasteiger partial charge >= 0.3 is 0 Å². The highest BCUT2D eigenvalue weighted by molar-refractivity contribution is 5.85. The zero-order valence-corrected chi connectivity index (χ0v) is 13.4. The maximum atomic E-state index is 12.3. The molecule has 1 N–H and O–H groups in total. The summed E-state index contributed by atoms with van der Waals surface area (Å²) in [5.41, 5.74) is 0. The number of carbonyl (C=O) groups excluding carboxylic acids is 2. The van der Waals surface area contributed by atoms with Crippen LogP contribution in [0.3, 0.4) is 0 Å². The lowest BCUT2D eigenvalue weighted by molar-refractivity contribution is -0.139. The highest BCUT2D eigenvalue weighted by atomic mass is 35.5. The van der Waals surface area contributed by atoms with E-state index in [4.69, 9.17) is 0 Å². The first-order chi connectivity index (χ1) is 9.63. The van der Waals surface area contributed by atoms with E-state index in [0.29, 0.717) is 32.7 Å². The Morgan fingerprint density at radius 1 is 1.00 bits per heavy atom. The molecule has 0 bridgehead atoms. The Morgan fingerprint density at radius 3 is 2.05 bits per heavy atom. The average Bonchev–Trinajstić information content (AvgIpc) is 2.99. The minimum Gasteiger partial charge on any atom is -0.339 e. The van der Waals surface area contributed by atoms with Gasteiger partial charge in [-0.05, 0) is 24.9 Å². The van der Waals surface area contributed by atoms with E-state index in [2.05, 4.69) is 10.2 Å². The minimum atomic E-state index is 0. The number of piperazine rings is 1. The third-order valence-electron chi connectivity index (χ3n) is 4.90. The fourth-order valence-electron chi connectivity index (χ4n) is 3.64. The third-order valence-corrected chi connectivity index (χ3v) is 4.90. The summed E-state index contributed by atoms with van der Waals surface area (Å²) in [5, 5.41) is 3.42. The quantitative estimate of drug-likeness (QED) is 0.728. The maximum Gasteiger partial charge on any atom is 0.236 e. The molecule has 0 aromatic rings. The molecule has 0 radical (unpaired) electrons. The first-order valence-corrected chi connectivity index (χ1v) is 7.60. The molecule has 7 heteroatoms. The van der Waals surface area contributed by atoms with Crippen molar-refractivity contribution in [2.75, 3.05) is 58.9 Å². The van der Waals surface area contributed by atoms with E-state index < -0.39 is 0 Å². The molecule has 0 unspecified atom stereocenters. The second-order valence-corrected chi connectivity index (χ2v) is 6.26. The van der Waals surface area contributed by atoms with Crippen LogP contribution in [0.1, 0.15) is 6.92 Å². The second kappa shape index (κ2) is 6.94. The summed E-state index contributed by atoms with van der Waals surface area (Å²) >= 11 is 0. The zero-order chi connectivity index (χ0) is 14.1. The molecular formula is C14H25ClN4O2. The molecule has 21 heavy (non-hydrogen) atoms. The Labute approximate surface area is 132 Å². The van der Waals surface area contributed by atoms with Gasteiger partial charge < -0.3 is 15.1 Å². The Kier molecular flexibility index (Phi) is 5.46. The standard InChI is InChI=1S/C14H24N4O2.ClH/c1-11(19)17-2-4-18(5-3-17)14(20)10-16-8-12-6-15-7-13(12)9-16;/h12-13,15H,2-10H2,1H3;1H/t12-,13+;. The van der Waals surface area contributed by atoms with Crippen LogP contribution in [-0.4, -0.2) is 85.4 Å². The van der Waals surface area contributed by atoms with Crippen molar-refractivity contribution < 1.29 is 9.59 Å². The number of hydrogen-bond donors (Lipinski definition) is 1. The van der Waals surface area contributed by atoms with E-state index in [0.717, 1.165) is 38.0 Å². The van der Waals surface area contributed by atoms with E-state index in [9.17, 15) is 9.59 Å². The van der Waals surface area contributed by atoms with Gasteiger partial charge in [0.25, 0.3) is 0 Å². The number of nitrogens with one attached hydrogen (secondary N) is 1. The molecule has 3 saturated heterocycles. The number of amides is 2. The van der Waals surface area contributed by atoms with E-state index in [1.54, 1.807) is 6.92 Å². The second-order valence-electron chi connectivity index (χ2n) is 6.26. The van der Waals surface area contributed by atoms with Gasteiger partial charge in [0.05, 0.1) is 6.54 Å². The summed E-state index contributed by atoms with van der Waals surface area (Å²) in [6.45, 7) is 9.17. The predicted octanol–water partition coefficient (Wildman–Crippen LogP) is -0.750. The van der Waals surface area contributed by atoms with Gasteiger partial charge in [0.2, 0.25) is 11.8 Å². The van der Waals surface area contributed by atoms with Crippen LogP contribution >= 0.6 is 12.4 Å². The fraction of sp³-hybridized carbons (Fsp3) is 0.857. The molecule has 0 aromatic carbocycles. The largest absolute Gasteiger partial charge is 0.339 e. The van der Waals surface area contributed by atoms with Crippen LogP contribution in [0, 0.1) is 11.8 Å². The van der Waals surface area contributed by atoms with Crippen LogP contribution < -0.4 is 5.32 Å². The molecule has 0 spiro atoms. The van der Waals surface area contributed by atoms with Crippen molar-refractivity contribution in [1.82, 2.24) is 20.0 Å². The molecule has 3 aliphatic rings. The normalized spacial score (nSPS) is 29.2. The number of carbonyl (C=O) groups is 2. The summed E-state index contributed by atoms with van der Waals surface area (Å²) in [4.78, 5) is 29.6. The van der Waals surface area contributed by atoms with Crippen molar-refractivity contribution in [1.29, 1.82) is 0 Å². The van der Waals surface area contributed by atoms with Gasteiger partial charge in [-0.2, -0.15) is 0 Å². The number of nitrogens with zero attached hydrogens (tertiary/aromatic N) is 3. The molecule has 120 valence electrons. The van der Waals surface area contributed by atoms with Gasteiger partial charge in [-0.1, -0.05) is 0 Å². The molecule has 0 saturated carbocycles. The van der Waals surface area contributed by atoms with E-state index in [-0.39, 0.29) is 24.2 Å².